The molecule has 1 saturated heterocycles. The van der Waals surface area contributed by atoms with E-state index in [0.717, 1.165) is 30.9 Å². The molecule has 4 rings (SSSR count). The van der Waals surface area contributed by atoms with Gasteiger partial charge in [-0.15, -0.1) is 11.3 Å². The second-order valence-corrected chi connectivity index (χ2v) is 10.9. The van der Waals surface area contributed by atoms with Gasteiger partial charge in [0.2, 0.25) is 5.91 Å². The van der Waals surface area contributed by atoms with Crippen molar-refractivity contribution in [1.29, 1.82) is 0 Å². The van der Waals surface area contributed by atoms with Gasteiger partial charge in [0.05, 0.1) is 6.42 Å². The molecule has 2 heterocycles. The van der Waals surface area contributed by atoms with E-state index in [2.05, 4.69) is 21.0 Å². The van der Waals surface area contributed by atoms with Crippen LogP contribution in [0.25, 0.3) is 0 Å². The van der Waals surface area contributed by atoms with Crippen molar-refractivity contribution in [2.24, 2.45) is 0 Å². The third-order valence-corrected chi connectivity index (χ3v) is 8.18. The zero-order valence-corrected chi connectivity index (χ0v) is 19.4. The van der Waals surface area contributed by atoms with Gasteiger partial charge < -0.3 is 5.32 Å². The Hall–Kier alpha value is -2.68. The lowest BCUT2D eigenvalue weighted by Gasteiger charge is -2.26. The summed E-state index contributed by atoms with van der Waals surface area (Å²) in [6.07, 6.45) is 4.04. The van der Waals surface area contributed by atoms with E-state index in [0.29, 0.717) is 5.69 Å². The minimum atomic E-state index is -3.58. The number of anilines is 2. The van der Waals surface area contributed by atoms with Gasteiger partial charge in [0.25, 0.3) is 10.0 Å². The lowest BCUT2D eigenvalue weighted by Crippen LogP contribution is -2.29. The molecule has 2 aromatic carbocycles. The molecular formula is C24H27N3O3S2. The second-order valence-electron chi connectivity index (χ2n) is 8.00. The molecule has 6 nitrogen and oxygen atoms in total. The molecule has 0 aliphatic carbocycles. The van der Waals surface area contributed by atoms with E-state index >= 15 is 0 Å². The zero-order chi connectivity index (χ0) is 22.4. The SMILES string of the molecule is O=C(Cc1ccc(NS(=O)(=O)c2cccs2)cc1)Nc1cccc(CN2CCCCC2)c1. The van der Waals surface area contributed by atoms with Crippen LogP contribution in [-0.4, -0.2) is 32.3 Å². The summed E-state index contributed by atoms with van der Waals surface area (Å²) in [4.78, 5) is 15.0. The minimum Gasteiger partial charge on any atom is -0.326 e. The first kappa shape index (κ1) is 22.5. The summed E-state index contributed by atoms with van der Waals surface area (Å²) in [5.74, 6) is -0.105. The number of sulfonamides is 1. The van der Waals surface area contributed by atoms with Crippen LogP contribution in [0.1, 0.15) is 30.4 Å². The average Bonchev–Trinajstić information content (AvgIpc) is 3.32. The molecule has 1 aliphatic rings. The number of carbonyl (C=O) groups is 1. The van der Waals surface area contributed by atoms with Gasteiger partial charge in [-0.2, -0.15) is 0 Å². The van der Waals surface area contributed by atoms with Gasteiger partial charge in [0, 0.05) is 17.9 Å². The van der Waals surface area contributed by atoms with E-state index in [9.17, 15) is 13.2 Å². The van der Waals surface area contributed by atoms with E-state index in [4.69, 9.17) is 0 Å². The summed E-state index contributed by atoms with van der Waals surface area (Å²) in [5.41, 5.74) is 3.27. The van der Waals surface area contributed by atoms with Crippen LogP contribution in [-0.2, 0) is 27.8 Å². The van der Waals surface area contributed by atoms with E-state index in [1.807, 2.05) is 18.2 Å². The fourth-order valence-corrected chi connectivity index (χ4v) is 5.88. The van der Waals surface area contributed by atoms with Crippen molar-refractivity contribution in [2.45, 2.75) is 36.4 Å². The molecule has 1 aliphatic heterocycles. The molecule has 0 unspecified atom stereocenters. The highest BCUT2D eigenvalue weighted by Crippen LogP contribution is 2.21. The number of amides is 1. The number of carbonyl (C=O) groups excluding carboxylic acids is 1. The largest absolute Gasteiger partial charge is 0.326 e. The lowest BCUT2D eigenvalue weighted by molar-refractivity contribution is -0.115. The van der Waals surface area contributed by atoms with Crippen LogP contribution in [0.2, 0.25) is 0 Å². The van der Waals surface area contributed by atoms with Crippen molar-refractivity contribution in [3.05, 3.63) is 77.2 Å². The van der Waals surface area contributed by atoms with Crippen LogP contribution in [0.15, 0.2) is 70.3 Å². The number of nitrogens with one attached hydrogen (secondary N) is 2. The van der Waals surface area contributed by atoms with E-state index in [-0.39, 0.29) is 16.5 Å². The van der Waals surface area contributed by atoms with Crippen molar-refractivity contribution in [3.8, 4) is 0 Å². The highest BCUT2D eigenvalue weighted by atomic mass is 32.2. The average molecular weight is 470 g/mol. The predicted molar refractivity (Wildman–Crippen MR) is 129 cm³/mol. The third-order valence-electron chi connectivity index (χ3n) is 5.40. The fourth-order valence-electron chi connectivity index (χ4n) is 3.83. The fraction of sp³-hybridized carbons (Fsp3) is 0.292. The molecule has 0 radical (unpaired) electrons. The summed E-state index contributed by atoms with van der Waals surface area (Å²) in [5, 5.41) is 4.69. The monoisotopic (exact) mass is 469 g/mol. The molecule has 0 saturated carbocycles. The Labute approximate surface area is 193 Å². The van der Waals surface area contributed by atoms with Crippen LogP contribution in [0.4, 0.5) is 11.4 Å². The van der Waals surface area contributed by atoms with Crippen LogP contribution >= 0.6 is 11.3 Å². The van der Waals surface area contributed by atoms with Gasteiger partial charge >= 0.3 is 0 Å². The highest BCUT2D eigenvalue weighted by Gasteiger charge is 2.15. The number of nitrogens with zero attached hydrogens (tertiary/aromatic N) is 1. The molecule has 0 atom stereocenters. The van der Waals surface area contributed by atoms with Crippen molar-refractivity contribution in [1.82, 2.24) is 4.90 Å². The quantitative estimate of drug-likeness (QED) is 0.501. The topological polar surface area (TPSA) is 78.5 Å². The first-order chi connectivity index (χ1) is 15.5. The highest BCUT2D eigenvalue weighted by molar-refractivity contribution is 7.94. The normalized spacial score (nSPS) is 14.8. The molecule has 1 aromatic heterocycles. The molecule has 8 heteroatoms. The molecular weight excluding hydrogens is 442 g/mol. The standard InChI is InChI=1S/C24H27N3O3S2/c28-23(25-22-7-4-6-20(16-22)18-27-13-2-1-3-14-27)17-19-9-11-21(12-10-19)26-32(29,30)24-8-5-15-31-24/h4-12,15-16,26H,1-3,13-14,17-18H2,(H,25,28). The molecule has 0 bridgehead atoms. The van der Waals surface area contributed by atoms with Crippen molar-refractivity contribution < 1.29 is 13.2 Å². The number of benzene rings is 2. The van der Waals surface area contributed by atoms with Gasteiger partial charge in [0.1, 0.15) is 4.21 Å². The summed E-state index contributed by atoms with van der Waals surface area (Å²) in [7, 11) is -3.58. The minimum absolute atomic E-state index is 0.105. The Bertz CT molecular complexity index is 1140. The zero-order valence-electron chi connectivity index (χ0n) is 17.8. The first-order valence-corrected chi connectivity index (χ1v) is 13.1. The lowest BCUT2D eigenvalue weighted by atomic mass is 10.1. The molecule has 1 amide bonds. The second kappa shape index (κ2) is 10.3. The van der Waals surface area contributed by atoms with Gasteiger partial charge in [-0.3, -0.25) is 14.4 Å². The summed E-state index contributed by atoms with van der Waals surface area (Å²) in [6, 6.07) is 18.1. The molecule has 3 aromatic rings. The summed E-state index contributed by atoms with van der Waals surface area (Å²) < 4.78 is 27.5. The Morgan fingerprint density at radius 2 is 1.69 bits per heavy atom. The van der Waals surface area contributed by atoms with E-state index in [1.54, 1.807) is 41.8 Å². The molecule has 32 heavy (non-hydrogen) atoms. The Balaban J connectivity index is 1.32. The Morgan fingerprint density at radius 1 is 0.906 bits per heavy atom. The maximum atomic E-state index is 12.5. The Morgan fingerprint density at radius 3 is 2.41 bits per heavy atom. The number of hydrogen-bond donors (Lipinski definition) is 2. The number of thiophene rings is 1. The smallest absolute Gasteiger partial charge is 0.271 e. The maximum Gasteiger partial charge on any atom is 0.271 e. The first-order valence-electron chi connectivity index (χ1n) is 10.7. The molecule has 168 valence electrons. The van der Waals surface area contributed by atoms with E-state index in [1.165, 1.54) is 36.2 Å². The maximum absolute atomic E-state index is 12.5. The predicted octanol–water partition coefficient (Wildman–Crippen LogP) is 4.72. The molecule has 2 N–H and O–H groups in total. The molecule has 0 spiro atoms. The number of likely N-dealkylation sites (tertiary alicyclic amines) is 1. The van der Waals surface area contributed by atoms with Crippen LogP contribution in [0, 0.1) is 0 Å². The van der Waals surface area contributed by atoms with Crippen molar-refractivity contribution in [2.75, 3.05) is 23.1 Å². The van der Waals surface area contributed by atoms with Gasteiger partial charge in [0.15, 0.2) is 0 Å². The van der Waals surface area contributed by atoms with Crippen LogP contribution < -0.4 is 10.0 Å². The van der Waals surface area contributed by atoms with Crippen molar-refractivity contribution >= 4 is 38.6 Å². The van der Waals surface area contributed by atoms with Gasteiger partial charge in [-0.25, -0.2) is 8.42 Å². The number of piperidine rings is 1. The number of hydrogen-bond acceptors (Lipinski definition) is 5. The van der Waals surface area contributed by atoms with E-state index < -0.39 is 10.0 Å². The molecule has 1 fully saturated rings. The number of rotatable bonds is 8. The van der Waals surface area contributed by atoms with Gasteiger partial charge in [-0.1, -0.05) is 36.8 Å². The third kappa shape index (κ3) is 6.18. The van der Waals surface area contributed by atoms with Gasteiger partial charge in [-0.05, 0) is 72.8 Å². The Kier molecular flexibility index (Phi) is 7.24. The van der Waals surface area contributed by atoms with Crippen LogP contribution in [0.5, 0.6) is 0 Å². The summed E-state index contributed by atoms with van der Waals surface area (Å²) >= 11 is 1.17. The van der Waals surface area contributed by atoms with Crippen LogP contribution in [0.3, 0.4) is 0 Å². The summed E-state index contributed by atoms with van der Waals surface area (Å²) in [6.45, 7) is 3.18. The van der Waals surface area contributed by atoms with Crippen molar-refractivity contribution in [3.63, 3.8) is 0 Å².